The van der Waals surface area contributed by atoms with Crippen LogP contribution in [0.15, 0.2) is 30.7 Å². The quantitative estimate of drug-likeness (QED) is 0.561. The van der Waals surface area contributed by atoms with Gasteiger partial charge in [0.15, 0.2) is 17.0 Å². The third-order valence-electron chi connectivity index (χ3n) is 4.48. The first-order chi connectivity index (χ1) is 13.0. The van der Waals surface area contributed by atoms with Crippen molar-refractivity contribution in [3.8, 4) is 0 Å². The van der Waals surface area contributed by atoms with Crippen molar-refractivity contribution in [1.82, 2.24) is 24.5 Å². The molecule has 3 heterocycles. The zero-order valence-corrected chi connectivity index (χ0v) is 16.2. The van der Waals surface area contributed by atoms with Gasteiger partial charge in [0, 0.05) is 12.2 Å². The molecule has 8 heteroatoms. The molecule has 0 aliphatic heterocycles. The summed E-state index contributed by atoms with van der Waals surface area (Å²) in [6, 6.07) is 5.90. The Bertz CT molecular complexity index is 876. The number of nitrogens with zero attached hydrogens (tertiary/aromatic N) is 5. The van der Waals surface area contributed by atoms with E-state index in [9.17, 15) is 5.11 Å². The van der Waals surface area contributed by atoms with Gasteiger partial charge in [0.25, 0.3) is 0 Å². The predicted octanol–water partition coefficient (Wildman–Crippen LogP) is 2.99. The van der Waals surface area contributed by atoms with Gasteiger partial charge in [0.2, 0.25) is 5.95 Å². The first-order valence-electron chi connectivity index (χ1n) is 9.32. The van der Waals surface area contributed by atoms with Gasteiger partial charge < -0.3 is 20.3 Å². The molecule has 2 unspecified atom stereocenters. The van der Waals surface area contributed by atoms with Gasteiger partial charge in [-0.25, -0.2) is 4.98 Å². The average molecular weight is 369 g/mol. The number of pyridine rings is 1. The van der Waals surface area contributed by atoms with Crippen LogP contribution in [0.25, 0.3) is 11.2 Å². The molecule has 0 bridgehead atoms. The van der Waals surface area contributed by atoms with Crippen LogP contribution in [0, 0.1) is 0 Å². The highest BCUT2D eigenvalue weighted by Crippen LogP contribution is 2.24. The molecule has 3 rings (SSSR count). The van der Waals surface area contributed by atoms with Gasteiger partial charge in [-0.15, -0.1) is 0 Å². The molecule has 0 amide bonds. The number of aromatic nitrogens is 5. The third-order valence-corrected chi connectivity index (χ3v) is 4.48. The number of rotatable bonds is 8. The Morgan fingerprint density at radius 2 is 1.96 bits per heavy atom. The molecule has 0 fully saturated rings. The number of aliphatic hydroxyl groups is 1. The van der Waals surface area contributed by atoms with E-state index >= 15 is 0 Å². The van der Waals surface area contributed by atoms with Crippen LogP contribution in [0.4, 0.5) is 11.8 Å². The first kappa shape index (κ1) is 19.0. The van der Waals surface area contributed by atoms with Crippen LogP contribution in [-0.2, 0) is 6.54 Å². The normalized spacial score (nSPS) is 13.7. The lowest BCUT2D eigenvalue weighted by Crippen LogP contribution is -2.31. The summed E-state index contributed by atoms with van der Waals surface area (Å²) in [4.78, 5) is 18.1. The molecule has 3 N–H and O–H groups in total. The largest absolute Gasteiger partial charge is 0.391 e. The lowest BCUT2D eigenvalue weighted by molar-refractivity contribution is 0.169. The molecule has 0 aromatic carbocycles. The van der Waals surface area contributed by atoms with Crippen molar-refractivity contribution in [2.75, 3.05) is 10.6 Å². The maximum atomic E-state index is 9.95. The molecule has 0 spiro atoms. The standard InChI is InChI=1S/C19H27N7O/c1-5-15(13(4)27)23-19-24-17(21-10-14-8-6-7-9-20-14)16-18(25-19)26(11-22-16)12(2)3/h6-9,11-13,15,27H,5,10H2,1-4H3,(H2,21,23,24,25). The Kier molecular flexibility index (Phi) is 5.85. The van der Waals surface area contributed by atoms with E-state index in [1.165, 1.54) is 0 Å². The van der Waals surface area contributed by atoms with Gasteiger partial charge in [-0.05, 0) is 39.3 Å². The number of imidazole rings is 1. The first-order valence-corrected chi connectivity index (χ1v) is 9.32. The molecule has 144 valence electrons. The van der Waals surface area contributed by atoms with E-state index in [2.05, 4.69) is 44.4 Å². The van der Waals surface area contributed by atoms with E-state index < -0.39 is 6.10 Å². The van der Waals surface area contributed by atoms with E-state index in [4.69, 9.17) is 0 Å². The Balaban J connectivity index is 1.96. The van der Waals surface area contributed by atoms with E-state index in [0.717, 1.165) is 23.3 Å². The Morgan fingerprint density at radius 3 is 2.59 bits per heavy atom. The van der Waals surface area contributed by atoms with E-state index in [0.29, 0.717) is 18.3 Å². The summed E-state index contributed by atoms with van der Waals surface area (Å²) in [5, 5.41) is 16.5. The second kappa shape index (κ2) is 8.30. The molecule has 8 nitrogen and oxygen atoms in total. The smallest absolute Gasteiger partial charge is 0.227 e. The zero-order chi connectivity index (χ0) is 19.4. The van der Waals surface area contributed by atoms with Crippen LogP contribution >= 0.6 is 0 Å². The fourth-order valence-corrected chi connectivity index (χ4v) is 2.89. The molecule has 2 atom stereocenters. The Hall–Kier alpha value is -2.74. The minimum Gasteiger partial charge on any atom is -0.391 e. The van der Waals surface area contributed by atoms with E-state index in [-0.39, 0.29) is 12.1 Å². The maximum Gasteiger partial charge on any atom is 0.227 e. The molecule has 0 saturated heterocycles. The minimum absolute atomic E-state index is 0.124. The fraction of sp³-hybridized carbons (Fsp3) is 0.474. The van der Waals surface area contributed by atoms with Gasteiger partial charge >= 0.3 is 0 Å². The van der Waals surface area contributed by atoms with Crippen LogP contribution in [-0.4, -0.2) is 41.8 Å². The number of nitrogens with one attached hydrogen (secondary N) is 2. The average Bonchev–Trinajstić information content (AvgIpc) is 3.09. The SMILES string of the molecule is CCC(Nc1nc(NCc2ccccn2)c2ncn(C(C)C)c2n1)C(C)O. The molecule has 27 heavy (non-hydrogen) atoms. The van der Waals surface area contributed by atoms with Gasteiger partial charge in [0.1, 0.15) is 0 Å². The van der Waals surface area contributed by atoms with Crippen molar-refractivity contribution in [2.45, 2.75) is 58.8 Å². The number of anilines is 2. The van der Waals surface area contributed by atoms with Crippen molar-refractivity contribution in [2.24, 2.45) is 0 Å². The molecule has 0 saturated carbocycles. The van der Waals surface area contributed by atoms with Gasteiger partial charge in [-0.3, -0.25) is 4.98 Å². The molecular weight excluding hydrogens is 342 g/mol. The lowest BCUT2D eigenvalue weighted by Gasteiger charge is -2.20. The highest BCUT2D eigenvalue weighted by molar-refractivity contribution is 5.84. The van der Waals surface area contributed by atoms with Crippen LogP contribution in [0.2, 0.25) is 0 Å². The van der Waals surface area contributed by atoms with Crippen molar-refractivity contribution in [3.63, 3.8) is 0 Å². The fourth-order valence-electron chi connectivity index (χ4n) is 2.89. The Labute approximate surface area is 159 Å². The van der Waals surface area contributed by atoms with Crippen molar-refractivity contribution >= 4 is 22.9 Å². The summed E-state index contributed by atoms with van der Waals surface area (Å²) >= 11 is 0. The van der Waals surface area contributed by atoms with E-state index in [1.54, 1.807) is 19.4 Å². The zero-order valence-electron chi connectivity index (χ0n) is 16.2. The number of fused-ring (bicyclic) bond motifs is 1. The second-order valence-electron chi connectivity index (χ2n) is 6.89. The lowest BCUT2D eigenvalue weighted by atomic mass is 10.1. The van der Waals surface area contributed by atoms with Crippen LogP contribution in [0.1, 0.15) is 45.9 Å². The second-order valence-corrected chi connectivity index (χ2v) is 6.89. The van der Waals surface area contributed by atoms with Crippen molar-refractivity contribution < 1.29 is 5.11 Å². The molecule has 0 aliphatic carbocycles. The van der Waals surface area contributed by atoms with E-state index in [1.807, 2.05) is 29.7 Å². The number of hydrogen-bond acceptors (Lipinski definition) is 7. The monoisotopic (exact) mass is 369 g/mol. The highest BCUT2D eigenvalue weighted by Gasteiger charge is 2.18. The molecule has 0 aliphatic rings. The van der Waals surface area contributed by atoms with Gasteiger partial charge in [0.05, 0.1) is 30.7 Å². The number of aliphatic hydroxyl groups excluding tert-OH is 1. The summed E-state index contributed by atoms with van der Waals surface area (Å²) in [6.45, 7) is 8.48. The summed E-state index contributed by atoms with van der Waals surface area (Å²) in [5.74, 6) is 1.12. The summed E-state index contributed by atoms with van der Waals surface area (Å²) < 4.78 is 2.01. The molecular formula is C19H27N7O. The summed E-state index contributed by atoms with van der Waals surface area (Å²) in [5.41, 5.74) is 2.39. The molecule has 3 aromatic rings. The predicted molar refractivity (Wildman–Crippen MR) is 107 cm³/mol. The highest BCUT2D eigenvalue weighted by atomic mass is 16.3. The van der Waals surface area contributed by atoms with Gasteiger partial charge in [-0.2, -0.15) is 9.97 Å². The summed E-state index contributed by atoms with van der Waals surface area (Å²) in [7, 11) is 0. The van der Waals surface area contributed by atoms with Gasteiger partial charge in [-0.1, -0.05) is 13.0 Å². The van der Waals surface area contributed by atoms with Crippen LogP contribution in [0.5, 0.6) is 0 Å². The van der Waals surface area contributed by atoms with Crippen LogP contribution in [0.3, 0.4) is 0 Å². The molecule has 0 radical (unpaired) electrons. The third kappa shape index (κ3) is 4.33. The summed E-state index contributed by atoms with van der Waals surface area (Å²) in [6.07, 6.45) is 3.81. The minimum atomic E-state index is -0.505. The maximum absolute atomic E-state index is 9.95. The van der Waals surface area contributed by atoms with Crippen molar-refractivity contribution in [3.05, 3.63) is 36.4 Å². The Morgan fingerprint density at radius 1 is 1.15 bits per heavy atom. The topological polar surface area (TPSA) is 101 Å². The molecule has 3 aromatic heterocycles. The van der Waals surface area contributed by atoms with Crippen molar-refractivity contribution in [1.29, 1.82) is 0 Å². The van der Waals surface area contributed by atoms with Crippen LogP contribution < -0.4 is 10.6 Å². The number of hydrogen-bond donors (Lipinski definition) is 3.